The molecule has 2 rings (SSSR count). The summed E-state index contributed by atoms with van der Waals surface area (Å²) in [5.41, 5.74) is 1.59. The van der Waals surface area contributed by atoms with Crippen molar-refractivity contribution in [1.29, 1.82) is 0 Å². The molecule has 0 aliphatic heterocycles. The van der Waals surface area contributed by atoms with Crippen LogP contribution in [0.4, 0.5) is 0 Å². The molecule has 0 saturated carbocycles. The summed E-state index contributed by atoms with van der Waals surface area (Å²) in [5.74, 6) is 2.34. The average molecular weight is 374 g/mol. The minimum atomic E-state index is -0.163. The summed E-state index contributed by atoms with van der Waals surface area (Å²) >= 11 is 0. The first-order valence-corrected chi connectivity index (χ1v) is 8.54. The fraction of sp³-hybridized carbons (Fsp3) is 0.350. The molecule has 0 unspecified atom stereocenters. The maximum Gasteiger partial charge on any atom is 0.251 e. The highest BCUT2D eigenvalue weighted by Gasteiger charge is 2.10. The van der Waals surface area contributed by atoms with E-state index in [2.05, 4.69) is 10.6 Å². The topological polar surface area (TPSA) is 78.1 Å². The van der Waals surface area contributed by atoms with Gasteiger partial charge in [0, 0.05) is 25.2 Å². The zero-order valence-corrected chi connectivity index (χ0v) is 16.1. The van der Waals surface area contributed by atoms with Crippen LogP contribution in [0.25, 0.3) is 0 Å². The predicted octanol–water partition coefficient (Wildman–Crippen LogP) is 2.24. The number of amides is 1. The van der Waals surface area contributed by atoms with Gasteiger partial charge in [0.05, 0.1) is 28.4 Å². The van der Waals surface area contributed by atoms with Gasteiger partial charge in [-0.1, -0.05) is 6.07 Å². The first-order chi connectivity index (χ1) is 13.1. The number of carbonyl (C=O) groups is 1. The number of rotatable bonds is 10. The number of hydrogen-bond acceptors (Lipinski definition) is 6. The Balaban J connectivity index is 1.79. The summed E-state index contributed by atoms with van der Waals surface area (Å²) in [7, 11) is 6.31. The van der Waals surface area contributed by atoms with Gasteiger partial charge in [0.2, 0.25) is 0 Å². The maximum absolute atomic E-state index is 12.2. The third-order valence-corrected chi connectivity index (χ3v) is 4.01. The van der Waals surface area contributed by atoms with Crippen molar-refractivity contribution in [2.24, 2.45) is 0 Å². The van der Waals surface area contributed by atoms with Gasteiger partial charge in [-0.15, -0.1) is 0 Å². The van der Waals surface area contributed by atoms with Crippen LogP contribution in [0.3, 0.4) is 0 Å². The molecule has 2 aromatic carbocycles. The van der Waals surface area contributed by atoms with E-state index in [9.17, 15) is 4.79 Å². The third kappa shape index (κ3) is 5.52. The first-order valence-electron chi connectivity index (χ1n) is 8.54. The van der Waals surface area contributed by atoms with E-state index in [1.54, 1.807) is 39.5 Å². The minimum absolute atomic E-state index is 0.163. The normalized spacial score (nSPS) is 10.2. The second kappa shape index (κ2) is 10.3. The van der Waals surface area contributed by atoms with Crippen LogP contribution >= 0.6 is 0 Å². The van der Waals surface area contributed by atoms with Crippen molar-refractivity contribution < 1.29 is 23.7 Å². The van der Waals surface area contributed by atoms with Crippen LogP contribution in [0, 0.1) is 0 Å². The zero-order valence-electron chi connectivity index (χ0n) is 16.1. The number of nitrogens with one attached hydrogen (secondary N) is 2. The van der Waals surface area contributed by atoms with Crippen molar-refractivity contribution in [2.45, 2.75) is 6.54 Å². The van der Waals surface area contributed by atoms with Gasteiger partial charge < -0.3 is 29.6 Å². The lowest BCUT2D eigenvalue weighted by Crippen LogP contribution is -2.31. The van der Waals surface area contributed by atoms with Gasteiger partial charge >= 0.3 is 0 Å². The predicted molar refractivity (Wildman–Crippen MR) is 103 cm³/mol. The fourth-order valence-corrected chi connectivity index (χ4v) is 2.57. The molecule has 0 bridgehead atoms. The van der Waals surface area contributed by atoms with E-state index in [4.69, 9.17) is 18.9 Å². The number of carbonyl (C=O) groups excluding carboxylic acids is 1. The van der Waals surface area contributed by atoms with Crippen LogP contribution in [0.1, 0.15) is 15.9 Å². The van der Waals surface area contributed by atoms with Crippen molar-refractivity contribution in [2.75, 3.05) is 41.5 Å². The lowest BCUT2D eigenvalue weighted by molar-refractivity contribution is 0.0953. The maximum atomic E-state index is 12.2. The largest absolute Gasteiger partial charge is 0.493 e. The molecule has 7 heteroatoms. The Kier molecular flexibility index (Phi) is 7.76. The quantitative estimate of drug-likeness (QED) is 0.621. The number of ether oxygens (including phenoxy) is 4. The van der Waals surface area contributed by atoms with Gasteiger partial charge in [-0.2, -0.15) is 0 Å². The molecule has 0 fully saturated rings. The Hall–Kier alpha value is -2.93. The van der Waals surface area contributed by atoms with E-state index >= 15 is 0 Å². The molecule has 0 aliphatic rings. The highest BCUT2D eigenvalue weighted by Crippen LogP contribution is 2.28. The second-order valence-corrected chi connectivity index (χ2v) is 5.69. The van der Waals surface area contributed by atoms with Gasteiger partial charge in [-0.25, -0.2) is 0 Å². The number of methoxy groups -OCH3 is 4. The Labute approximate surface area is 159 Å². The van der Waals surface area contributed by atoms with Crippen LogP contribution in [-0.4, -0.2) is 47.4 Å². The highest BCUT2D eigenvalue weighted by atomic mass is 16.5. The summed E-state index contributed by atoms with van der Waals surface area (Å²) in [5, 5.41) is 6.15. The van der Waals surface area contributed by atoms with Gasteiger partial charge in [0.1, 0.15) is 0 Å². The Morgan fingerprint density at radius 1 is 0.778 bits per heavy atom. The molecule has 2 N–H and O–H groups in total. The van der Waals surface area contributed by atoms with Crippen LogP contribution in [0.15, 0.2) is 36.4 Å². The van der Waals surface area contributed by atoms with Crippen LogP contribution < -0.4 is 29.6 Å². The molecule has 146 valence electrons. The van der Waals surface area contributed by atoms with E-state index in [1.165, 1.54) is 7.11 Å². The molecule has 0 atom stereocenters. The van der Waals surface area contributed by atoms with Crippen molar-refractivity contribution >= 4 is 5.91 Å². The molecule has 27 heavy (non-hydrogen) atoms. The summed E-state index contributed by atoms with van der Waals surface area (Å²) in [6.07, 6.45) is 0. The van der Waals surface area contributed by atoms with Crippen molar-refractivity contribution in [1.82, 2.24) is 10.6 Å². The van der Waals surface area contributed by atoms with E-state index in [-0.39, 0.29) is 5.91 Å². The van der Waals surface area contributed by atoms with E-state index < -0.39 is 0 Å². The molecule has 0 aromatic heterocycles. The molecule has 7 nitrogen and oxygen atoms in total. The van der Waals surface area contributed by atoms with Crippen LogP contribution in [0.2, 0.25) is 0 Å². The lowest BCUT2D eigenvalue weighted by atomic mass is 10.2. The summed E-state index contributed by atoms with van der Waals surface area (Å²) in [6.45, 7) is 1.79. The summed E-state index contributed by atoms with van der Waals surface area (Å²) < 4.78 is 20.9. The Morgan fingerprint density at radius 3 is 2.00 bits per heavy atom. The lowest BCUT2D eigenvalue weighted by Gasteiger charge is -2.11. The molecule has 0 aliphatic carbocycles. The molecule has 0 radical (unpaired) electrons. The van der Waals surface area contributed by atoms with E-state index in [1.807, 2.05) is 18.2 Å². The molecule has 0 saturated heterocycles. The van der Waals surface area contributed by atoms with Gasteiger partial charge in [0.25, 0.3) is 5.91 Å². The SMILES string of the molecule is COc1ccc(CNCCNC(=O)c2ccc(OC)c(OC)c2)cc1OC. The standard InChI is InChI=1S/C20H26N2O5/c1-24-16-7-5-14(11-18(16)26-3)13-21-9-10-22-20(23)15-6-8-17(25-2)19(12-15)27-4/h5-8,11-12,21H,9-10,13H2,1-4H3,(H,22,23). The van der Waals surface area contributed by atoms with Gasteiger partial charge in [-0.05, 0) is 35.9 Å². The summed E-state index contributed by atoms with van der Waals surface area (Å²) in [4.78, 5) is 12.2. The van der Waals surface area contributed by atoms with Crippen molar-refractivity contribution in [3.05, 3.63) is 47.5 Å². The monoisotopic (exact) mass is 374 g/mol. The first kappa shape index (κ1) is 20.4. The zero-order chi connectivity index (χ0) is 19.6. The Bertz CT molecular complexity index is 764. The Morgan fingerprint density at radius 2 is 1.37 bits per heavy atom. The second-order valence-electron chi connectivity index (χ2n) is 5.69. The fourth-order valence-electron chi connectivity index (χ4n) is 2.57. The molecule has 0 spiro atoms. The van der Waals surface area contributed by atoms with E-state index in [0.717, 1.165) is 5.56 Å². The molecule has 2 aromatic rings. The van der Waals surface area contributed by atoms with Crippen molar-refractivity contribution in [3.8, 4) is 23.0 Å². The smallest absolute Gasteiger partial charge is 0.251 e. The third-order valence-electron chi connectivity index (χ3n) is 4.01. The summed E-state index contributed by atoms with van der Waals surface area (Å²) in [6, 6.07) is 10.8. The molecular formula is C20H26N2O5. The molecule has 1 amide bonds. The highest BCUT2D eigenvalue weighted by molar-refractivity contribution is 5.94. The molecule has 0 heterocycles. The van der Waals surface area contributed by atoms with Crippen molar-refractivity contribution in [3.63, 3.8) is 0 Å². The van der Waals surface area contributed by atoms with Gasteiger partial charge in [-0.3, -0.25) is 4.79 Å². The van der Waals surface area contributed by atoms with Crippen LogP contribution in [-0.2, 0) is 6.54 Å². The number of hydrogen-bond donors (Lipinski definition) is 2. The number of benzene rings is 2. The minimum Gasteiger partial charge on any atom is -0.493 e. The van der Waals surface area contributed by atoms with Crippen LogP contribution in [0.5, 0.6) is 23.0 Å². The van der Waals surface area contributed by atoms with E-state index in [0.29, 0.717) is 48.2 Å². The molecular weight excluding hydrogens is 348 g/mol. The average Bonchev–Trinajstić information content (AvgIpc) is 2.72. The van der Waals surface area contributed by atoms with Gasteiger partial charge in [0.15, 0.2) is 23.0 Å².